The van der Waals surface area contributed by atoms with Crippen LogP contribution in [0.15, 0.2) is 29.9 Å². The fraction of sp³-hybridized carbons (Fsp3) is 0.556. The number of thiophene rings is 1. The molecule has 1 amide bonds. The van der Waals surface area contributed by atoms with Crippen LogP contribution in [0.5, 0.6) is 0 Å². The molecule has 2 aliphatic carbocycles. The topological polar surface area (TPSA) is 38.1 Å². The lowest BCUT2D eigenvalue weighted by molar-refractivity contribution is -0.136. The highest BCUT2D eigenvalue weighted by molar-refractivity contribution is 7.10. The summed E-state index contributed by atoms with van der Waals surface area (Å²) in [5.74, 6) is 1.26. The third-order valence-electron chi connectivity index (χ3n) is 5.53. The fourth-order valence-electron chi connectivity index (χ4n) is 3.73. The van der Waals surface area contributed by atoms with E-state index >= 15 is 0 Å². The second kappa shape index (κ2) is 4.94. The van der Waals surface area contributed by atoms with Crippen molar-refractivity contribution in [1.29, 1.82) is 0 Å². The van der Waals surface area contributed by atoms with Gasteiger partial charge in [-0.15, -0.1) is 11.3 Å². The number of amides is 1. The number of imidazole rings is 1. The minimum atomic E-state index is -0.324. The van der Waals surface area contributed by atoms with Gasteiger partial charge in [0.05, 0.1) is 12.0 Å². The standard InChI is InChI=1S/C18H23N3OS/c1-17(2)12-18(17,14-5-4-10-23-14)16(22)21(13-6-7-13)11-15-19-8-9-20(15)3/h4-5,8-10,13H,6-7,11-12H2,1-3H3. The number of carbonyl (C=O) groups is 1. The Morgan fingerprint density at radius 2 is 2.22 bits per heavy atom. The summed E-state index contributed by atoms with van der Waals surface area (Å²) in [5.41, 5.74) is -0.279. The van der Waals surface area contributed by atoms with E-state index in [2.05, 4.69) is 41.2 Å². The maximum atomic E-state index is 13.6. The second-order valence-electron chi connectivity index (χ2n) is 7.56. The van der Waals surface area contributed by atoms with Gasteiger partial charge >= 0.3 is 0 Å². The average Bonchev–Trinajstić information content (AvgIpc) is 3.29. The van der Waals surface area contributed by atoms with E-state index in [-0.39, 0.29) is 10.8 Å². The molecule has 0 aliphatic heterocycles. The van der Waals surface area contributed by atoms with Crippen LogP contribution in [0.25, 0.3) is 0 Å². The van der Waals surface area contributed by atoms with Crippen molar-refractivity contribution in [2.24, 2.45) is 12.5 Å². The first kappa shape index (κ1) is 14.9. The molecular weight excluding hydrogens is 306 g/mol. The molecule has 2 heterocycles. The third kappa shape index (κ3) is 2.24. The van der Waals surface area contributed by atoms with E-state index in [9.17, 15) is 4.79 Å². The fourth-order valence-corrected chi connectivity index (χ4v) is 4.83. The maximum absolute atomic E-state index is 13.6. The van der Waals surface area contributed by atoms with Crippen molar-refractivity contribution in [2.45, 2.75) is 51.1 Å². The predicted octanol–water partition coefficient (Wildman–Crippen LogP) is 3.34. The molecule has 0 saturated heterocycles. The molecule has 0 radical (unpaired) electrons. The highest BCUT2D eigenvalue weighted by Gasteiger charge is 2.69. The molecule has 0 spiro atoms. The molecule has 1 unspecified atom stereocenters. The molecule has 2 aromatic rings. The van der Waals surface area contributed by atoms with Gasteiger partial charge in [0.25, 0.3) is 0 Å². The van der Waals surface area contributed by atoms with Crippen LogP contribution < -0.4 is 0 Å². The number of rotatable bonds is 5. The highest BCUT2D eigenvalue weighted by atomic mass is 32.1. The minimum absolute atomic E-state index is 0.0454. The number of hydrogen-bond donors (Lipinski definition) is 0. The van der Waals surface area contributed by atoms with E-state index in [1.54, 1.807) is 17.5 Å². The van der Waals surface area contributed by atoms with Gasteiger partial charge in [-0.2, -0.15) is 0 Å². The van der Waals surface area contributed by atoms with Gasteiger partial charge in [0.15, 0.2) is 0 Å². The normalized spacial score (nSPS) is 25.3. The summed E-state index contributed by atoms with van der Waals surface area (Å²) in [5, 5.41) is 2.08. The largest absolute Gasteiger partial charge is 0.337 e. The van der Waals surface area contributed by atoms with E-state index in [4.69, 9.17) is 0 Å². The van der Waals surface area contributed by atoms with Gasteiger partial charge in [-0.3, -0.25) is 4.79 Å². The lowest BCUT2D eigenvalue weighted by atomic mass is 9.92. The van der Waals surface area contributed by atoms with Gasteiger partial charge in [0, 0.05) is 30.4 Å². The van der Waals surface area contributed by atoms with Crippen molar-refractivity contribution in [3.8, 4) is 0 Å². The molecule has 4 rings (SSSR count). The van der Waals surface area contributed by atoms with E-state index in [0.29, 0.717) is 18.5 Å². The summed E-state index contributed by atoms with van der Waals surface area (Å²) in [6, 6.07) is 4.58. The lowest BCUT2D eigenvalue weighted by Gasteiger charge is -2.29. The molecule has 2 fully saturated rings. The molecule has 0 N–H and O–H groups in total. The molecule has 5 heteroatoms. The Morgan fingerprint density at radius 1 is 1.48 bits per heavy atom. The third-order valence-corrected chi connectivity index (χ3v) is 6.56. The predicted molar refractivity (Wildman–Crippen MR) is 91.2 cm³/mol. The smallest absolute Gasteiger partial charge is 0.235 e. The molecule has 2 aromatic heterocycles. The Bertz CT molecular complexity index is 729. The number of nitrogens with zero attached hydrogens (tertiary/aromatic N) is 3. The Hall–Kier alpha value is -1.62. The van der Waals surface area contributed by atoms with Crippen molar-refractivity contribution < 1.29 is 4.79 Å². The zero-order chi connectivity index (χ0) is 16.2. The van der Waals surface area contributed by atoms with Gasteiger partial charge in [-0.05, 0) is 36.1 Å². The van der Waals surface area contributed by atoms with Crippen molar-refractivity contribution in [3.05, 3.63) is 40.6 Å². The summed E-state index contributed by atoms with van der Waals surface area (Å²) in [6.45, 7) is 5.06. The zero-order valence-corrected chi connectivity index (χ0v) is 14.8. The molecule has 122 valence electrons. The van der Waals surface area contributed by atoms with Gasteiger partial charge < -0.3 is 9.47 Å². The zero-order valence-electron chi connectivity index (χ0n) is 14.0. The Labute approximate surface area is 141 Å². The van der Waals surface area contributed by atoms with Gasteiger partial charge in [0.2, 0.25) is 5.91 Å². The molecule has 2 saturated carbocycles. The lowest BCUT2D eigenvalue weighted by Crippen LogP contribution is -2.42. The summed E-state index contributed by atoms with van der Waals surface area (Å²) in [7, 11) is 1.99. The first-order valence-corrected chi connectivity index (χ1v) is 9.15. The number of aromatic nitrogens is 2. The SMILES string of the molecule is Cn1ccnc1CN(C(=O)C1(c2cccs2)CC1(C)C)C1CC1. The summed E-state index contributed by atoms with van der Waals surface area (Å²) >= 11 is 1.72. The van der Waals surface area contributed by atoms with Crippen LogP contribution in [-0.2, 0) is 23.8 Å². The second-order valence-corrected chi connectivity index (χ2v) is 8.51. The first-order chi connectivity index (χ1) is 11.0. The number of aryl methyl sites for hydroxylation is 1. The molecule has 0 aromatic carbocycles. The summed E-state index contributed by atoms with van der Waals surface area (Å²) in [6.07, 6.45) is 6.94. The summed E-state index contributed by atoms with van der Waals surface area (Å²) < 4.78 is 2.01. The average molecular weight is 329 g/mol. The van der Waals surface area contributed by atoms with Gasteiger partial charge in [-0.25, -0.2) is 4.98 Å². The highest BCUT2D eigenvalue weighted by Crippen LogP contribution is 2.66. The van der Waals surface area contributed by atoms with Gasteiger partial charge in [0.1, 0.15) is 5.82 Å². The molecular formula is C18H23N3OS. The van der Waals surface area contributed by atoms with Crippen LogP contribution in [0.4, 0.5) is 0 Å². The summed E-state index contributed by atoms with van der Waals surface area (Å²) in [4.78, 5) is 21.3. The molecule has 23 heavy (non-hydrogen) atoms. The van der Waals surface area contributed by atoms with Crippen LogP contribution in [-0.4, -0.2) is 26.4 Å². The number of hydrogen-bond acceptors (Lipinski definition) is 3. The van der Waals surface area contributed by atoms with Crippen LogP contribution in [0.1, 0.15) is 43.8 Å². The van der Waals surface area contributed by atoms with Crippen molar-refractivity contribution in [1.82, 2.24) is 14.5 Å². The quantitative estimate of drug-likeness (QED) is 0.844. The van der Waals surface area contributed by atoms with Crippen molar-refractivity contribution in [2.75, 3.05) is 0 Å². The Morgan fingerprint density at radius 3 is 2.70 bits per heavy atom. The Kier molecular flexibility index (Phi) is 3.21. The Balaban J connectivity index is 1.66. The first-order valence-electron chi connectivity index (χ1n) is 8.27. The van der Waals surface area contributed by atoms with Crippen molar-refractivity contribution >= 4 is 17.2 Å². The molecule has 1 atom stereocenters. The van der Waals surface area contributed by atoms with Crippen molar-refractivity contribution in [3.63, 3.8) is 0 Å². The maximum Gasteiger partial charge on any atom is 0.235 e. The minimum Gasteiger partial charge on any atom is -0.337 e. The molecule has 4 nitrogen and oxygen atoms in total. The van der Waals surface area contributed by atoms with E-state index < -0.39 is 0 Å². The number of carbonyl (C=O) groups excluding carboxylic acids is 1. The van der Waals surface area contributed by atoms with Crippen LogP contribution in [0, 0.1) is 5.41 Å². The van der Waals surface area contributed by atoms with E-state index in [0.717, 1.165) is 25.1 Å². The molecule has 2 aliphatic rings. The van der Waals surface area contributed by atoms with E-state index in [1.807, 2.05) is 17.8 Å². The van der Waals surface area contributed by atoms with E-state index in [1.165, 1.54) is 4.88 Å². The van der Waals surface area contributed by atoms with Crippen LogP contribution in [0.3, 0.4) is 0 Å². The molecule has 0 bridgehead atoms. The monoisotopic (exact) mass is 329 g/mol. The van der Waals surface area contributed by atoms with Crippen LogP contribution in [0.2, 0.25) is 0 Å². The van der Waals surface area contributed by atoms with Gasteiger partial charge in [-0.1, -0.05) is 19.9 Å². The van der Waals surface area contributed by atoms with Crippen LogP contribution >= 0.6 is 11.3 Å².